The molecule has 7 nitrogen and oxygen atoms in total. The Balaban J connectivity index is 1.65. The number of amides is 1. The fourth-order valence-electron chi connectivity index (χ4n) is 4.33. The molecule has 0 unspecified atom stereocenters. The number of pyridine rings is 1. The second-order valence-electron chi connectivity index (χ2n) is 8.80. The lowest BCUT2D eigenvalue weighted by atomic mass is 9.87. The summed E-state index contributed by atoms with van der Waals surface area (Å²) >= 11 is 0. The molecule has 4 rings (SSSR count). The van der Waals surface area contributed by atoms with Crippen LogP contribution in [0.5, 0.6) is 0 Å². The van der Waals surface area contributed by atoms with Gasteiger partial charge in [0.2, 0.25) is 5.95 Å². The summed E-state index contributed by atoms with van der Waals surface area (Å²) in [5.41, 5.74) is -0.00465. The van der Waals surface area contributed by atoms with Crippen LogP contribution in [0.4, 0.5) is 27.9 Å². The van der Waals surface area contributed by atoms with Crippen molar-refractivity contribution in [1.29, 1.82) is 5.26 Å². The maximum Gasteiger partial charge on any atom is 0.419 e. The van der Waals surface area contributed by atoms with Gasteiger partial charge in [0.1, 0.15) is 0 Å². The average Bonchev–Trinajstić information content (AvgIpc) is 2.86. The average molecular weight is 516 g/mol. The Kier molecular flexibility index (Phi) is 7.07. The molecule has 37 heavy (non-hydrogen) atoms. The van der Waals surface area contributed by atoms with Crippen molar-refractivity contribution >= 4 is 11.9 Å². The van der Waals surface area contributed by atoms with Crippen LogP contribution in [-0.2, 0) is 6.18 Å². The maximum atomic E-state index is 14.6. The molecule has 1 N–H and O–H groups in total. The molecule has 1 fully saturated rings. The molecule has 1 aliphatic heterocycles. The summed E-state index contributed by atoms with van der Waals surface area (Å²) in [6.07, 6.45) is -2.33. The number of carbonyl (C=O) groups excluding carboxylic acids is 1. The van der Waals surface area contributed by atoms with Crippen LogP contribution >= 0.6 is 0 Å². The third-order valence-corrected chi connectivity index (χ3v) is 6.11. The Bertz CT molecular complexity index is 1310. The quantitative estimate of drug-likeness (QED) is 0.479. The van der Waals surface area contributed by atoms with Gasteiger partial charge in [-0.15, -0.1) is 0 Å². The summed E-state index contributed by atoms with van der Waals surface area (Å²) in [5, 5.41) is 12.1. The molecule has 0 bridgehead atoms. The SMILES string of the molecule is C[C@@H]1CC(F)(F)CN(C(=O)c2cc(C#N)ccc2-c2ccccn2)[C@@H]1CNc1ncc(C(F)(F)F)cn1. The number of alkyl halides is 5. The standard InChI is InChI=1S/C25H21F5N6O/c1-15-9-24(26,27)14-36(21(15)13-35-23-33-11-17(12-34-23)25(28,29)30)22(37)19-8-16(10-31)5-6-18(19)20-4-2-3-7-32-20/h2-8,11-12,15,21H,9,13-14H2,1H3,(H,33,34,35)/t15-,21-/m1/s1. The van der Waals surface area contributed by atoms with Crippen LogP contribution in [0, 0.1) is 17.2 Å². The van der Waals surface area contributed by atoms with E-state index in [9.17, 15) is 32.0 Å². The van der Waals surface area contributed by atoms with Crippen LogP contribution in [0.25, 0.3) is 11.3 Å². The highest BCUT2D eigenvalue weighted by atomic mass is 19.4. The fraction of sp³-hybridized carbons (Fsp3) is 0.320. The minimum absolute atomic E-state index is 0.0402. The second-order valence-corrected chi connectivity index (χ2v) is 8.80. The Morgan fingerprint density at radius 1 is 1.19 bits per heavy atom. The first-order valence-corrected chi connectivity index (χ1v) is 11.3. The Morgan fingerprint density at radius 2 is 1.92 bits per heavy atom. The molecule has 1 aliphatic rings. The van der Waals surface area contributed by atoms with E-state index in [0.29, 0.717) is 23.7 Å². The minimum atomic E-state index is -4.60. The van der Waals surface area contributed by atoms with Crippen LogP contribution in [0.1, 0.15) is 34.8 Å². The van der Waals surface area contributed by atoms with Gasteiger partial charge in [-0.3, -0.25) is 9.78 Å². The molecule has 2 atom stereocenters. The molecule has 1 aromatic carbocycles. The number of hydrogen-bond acceptors (Lipinski definition) is 6. The van der Waals surface area contributed by atoms with Crippen LogP contribution in [0.15, 0.2) is 55.0 Å². The van der Waals surface area contributed by atoms with E-state index in [-0.39, 0.29) is 23.6 Å². The topological polar surface area (TPSA) is 94.8 Å². The third-order valence-electron chi connectivity index (χ3n) is 6.11. The van der Waals surface area contributed by atoms with Crippen LogP contribution < -0.4 is 5.32 Å². The van der Waals surface area contributed by atoms with Gasteiger partial charge in [-0.1, -0.05) is 19.1 Å². The second kappa shape index (κ2) is 10.1. The predicted molar refractivity (Wildman–Crippen MR) is 123 cm³/mol. The van der Waals surface area contributed by atoms with Crippen molar-refractivity contribution in [2.24, 2.45) is 5.92 Å². The number of aromatic nitrogens is 3. The normalized spacial score (nSPS) is 19.2. The summed E-state index contributed by atoms with van der Waals surface area (Å²) in [6, 6.07) is 10.6. The number of nitrogens with zero attached hydrogens (tertiary/aromatic N) is 5. The molecule has 1 saturated heterocycles. The van der Waals surface area contributed by atoms with Crippen molar-refractivity contribution < 1.29 is 26.7 Å². The Labute approximate surface area is 209 Å². The van der Waals surface area contributed by atoms with E-state index in [1.54, 1.807) is 31.2 Å². The van der Waals surface area contributed by atoms with E-state index in [1.807, 2.05) is 6.07 Å². The van der Waals surface area contributed by atoms with Gasteiger partial charge in [0.25, 0.3) is 11.8 Å². The van der Waals surface area contributed by atoms with Crippen molar-refractivity contribution in [3.63, 3.8) is 0 Å². The molecule has 0 radical (unpaired) electrons. The number of halogens is 5. The number of piperidine rings is 1. The summed E-state index contributed by atoms with van der Waals surface area (Å²) in [4.78, 5) is 26.3. The lowest BCUT2D eigenvalue weighted by Gasteiger charge is -2.43. The lowest BCUT2D eigenvalue weighted by Crippen LogP contribution is -2.57. The minimum Gasteiger partial charge on any atom is -0.352 e. The summed E-state index contributed by atoms with van der Waals surface area (Å²) < 4.78 is 67.6. The molecule has 2 aromatic heterocycles. The molecule has 0 spiro atoms. The van der Waals surface area contributed by atoms with Crippen molar-refractivity contribution in [1.82, 2.24) is 19.9 Å². The van der Waals surface area contributed by atoms with Crippen LogP contribution in [0.2, 0.25) is 0 Å². The van der Waals surface area contributed by atoms with Crippen LogP contribution in [-0.4, -0.2) is 50.8 Å². The summed E-state index contributed by atoms with van der Waals surface area (Å²) in [7, 11) is 0. The smallest absolute Gasteiger partial charge is 0.352 e. The predicted octanol–water partition coefficient (Wildman–Crippen LogP) is 5.03. The number of carbonyl (C=O) groups is 1. The first-order valence-electron chi connectivity index (χ1n) is 11.3. The largest absolute Gasteiger partial charge is 0.419 e. The number of nitriles is 1. The molecule has 3 aromatic rings. The van der Waals surface area contributed by atoms with E-state index in [4.69, 9.17) is 0 Å². The third kappa shape index (κ3) is 5.82. The van der Waals surface area contributed by atoms with Gasteiger partial charge in [0.05, 0.1) is 41.0 Å². The van der Waals surface area contributed by atoms with Crippen molar-refractivity contribution in [3.8, 4) is 17.3 Å². The molecular weight excluding hydrogens is 495 g/mol. The van der Waals surface area contributed by atoms with E-state index < -0.39 is 48.5 Å². The van der Waals surface area contributed by atoms with Gasteiger partial charge < -0.3 is 10.2 Å². The number of nitrogens with one attached hydrogen (secondary N) is 1. The highest BCUT2D eigenvalue weighted by Gasteiger charge is 2.46. The zero-order valence-electron chi connectivity index (χ0n) is 19.5. The fourth-order valence-corrected chi connectivity index (χ4v) is 4.33. The van der Waals surface area contributed by atoms with Gasteiger partial charge in [-0.05, 0) is 30.2 Å². The Morgan fingerprint density at radius 3 is 2.54 bits per heavy atom. The van der Waals surface area contributed by atoms with Gasteiger partial charge >= 0.3 is 6.18 Å². The van der Waals surface area contributed by atoms with E-state index >= 15 is 0 Å². The number of anilines is 1. The number of hydrogen-bond donors (Lipinski definition) is 1. The molecule has 192 valence electrons. The maximum absolute atomic E-state index is 14.6. The number of benzene rings is 1. The van der Waals surface area contributed by atoms with Crippen molar-refractivity contribution in [2.45, 2.75) is 31.5 Å². The summed E-state index contributed by atoms with van der Waals surface area (Å²) in [5.74, 6) is -4.68. The molecule has 3 heterocycles. The van der Waals surface area contributed by atoms with Gasteiger partial charge in [-0.25, -0.2) is 18.7 Å². The highest BCUT2D eigenvalue weighted by molar-refractivity contribution is 6.01. The number of rotatable bonds is 5. The lowest BCUT2D eigenvalue weighted by molar-refractivity contribution is -0.138. The first-order chi connectivity index (χ1) is 17.5. The Hall–Kier alpha value is -4.14. The highest BCUT2D eigenvalue weighted by Crippen LogP contribution is 2.36. The van der Waals surface area contributed by atoms with Gasteiger partial charge in [0.15, 0.2) is 0 Å². The van der Waals surface area contributed by atoms with Crippen molar-refractivity contribution in [3.05, 3.63) is 71.7 Å². The summed E-state index contributed by atoms with van der Waals surface area (Å²) in [6.45, 7) is 0.624. The monoisotopic (exact) mass is 516 g/mol. The molecule has 1 amide bonds. The first kappa shape index (κ1) is 25.9. The van der Waals surface area contributed by atoms with Gasteiger partial charge in [-0.2, -0.15) is 18.4 Å². The van der Waals surface area contributed by atoms with E-state index in [0.717, 1.165) is 4.90 Å². The zero-order valence-corrected chi connectivity index (χ0v) is 19.5. The molecule has 12 heteroatoms. The molecular formula is C25H21F5N6O. The molecule has 0 saturated carbocycles. The zero-order chi connectivity index (χ0) is 26.8. The molecule has 0 aliphatic carbocycles. The van der Waals surface area contributed by atoms with E-state index in [1.165, 1.54) is 18.3 Å². The van der Waals surface area contributed by atoms with Crippen LogP contribution in [0.3, 0.4) is 0 Å². The van der Waals surface area contributed by atoms with Crippen molar-refractivity contribution in [2.75, 3.05) is 18.4 Å². The van der Waals surface area contributed by atoms with E-state index in [2.05, 4.69) is 20.3 Å². The van der Waals surface area contributed by atoms with Gasteiger partial charge in [0, 0.05) is 37.1 Å². The number of likely N-dealkylation sites (tertiary alicyclic amines) is 1.